The predicted molar refractivity (Wildman–Crippen MR) is 69.2 cm³/mol. The third-order valence-electron chi connectivity index (χ3n) is 3.68. The van der Waals surface area contributed by atoms with Crippen LogP contribution in [0.4, 0.5) is 26.3 Å². The zero-order valence-electron chi connectivity index (χ0n) is 11.6. The maximum Gasteiger partial charge on any atom is 0.416 e. The van der Waals surface area contributed by atoms with Crippen LogP contribution in [0.2, 0.25) is 0 Å². The molecule has 1 heterocycles. The average molecular weight is 326 g/mol. The van der Waals surface area contributed by atoms with Crippen molar-refractivity contribution in [2.75, 3.05) is 26.2 Å². The second-order valence-corrected chi connectivity index (χ2v) is 5.16. The molecule has 8 heteroatoms. The van der Waals surface area contributed by atoms with Crippen LogP contribution in [0.1, 0.15) is 23.6 Å². The highest BCUT2D eigenvalue weighted by Crippen LogP contribution is 2.35. The van der Waals surface area contributed by atoms with E-state index in [1.807, 2.05) is 0 Å². The Kier molecular flexibility index (Phi) is 5.33. The van der Waals surface area contributed by atoms with Gasteiger partial charge in [-0.05, 0) is 18.2 Å². The Morgan fingerprint density at radius 3 is 2.32 bits per heavy atom. The SMILES string of the molecule is Fc1ccc(C(F)(F)F)cc1[C@@H](CC(F)F)N1CCNCC1. The fraction of sp³-hybridized carbons (Fsp3) is 0.571. The van der Waals surface area contributed by atoms with Crippen LogP contribution in [0.15, 0.2) is 18.2 Å². The van der Waals surface area contributed by atoms with Crippen LogP contribution >= 0.6 is 0 Å². The van der Waals surface area contributed by atoms with Gasteiger partial charge in [0.2, 0.25) is 6.43 Å². The van der Waals surface area contributed by atoms with Gasteiger partial charge in [0.25, 0.3) is 0 Å². The fourth-order valence-electron chi connectivity index (χ4n) is 2.61. The van der Waals surface area contributed by atoms with Crippen LogP contribution in [0.25, 0.3) is 0 Å². The molecule has 0 bridgehead atoms. The molecule has 1 aliphatic rings. The van der Waals surface area contributed by atoms with E-state index < -0.39 is 36.4 Å². The molecule has 1 fully saturated rings. The number of hydrogen-bond acceptors (Lipinski definition) is 2. The molecule has 1 aromatic rings. The number of rotatable bonds is 4. The van der Waals surface area contributed by atoms with Crippen molar-refractivity contribution in [3.63, 3.8) is 0 Å². The molecule has 0 aliphatic carbocycles. The van der Waals surface area contributed by atoms with Gasteiger partial charge >= 0.3 is 6.18 Å². The second kappa shape index (κ2) is 6.87. The van der Waals surface area contributed by atoms with Crippen molar-refractivity contribution in [1.82, 2.24) is 10.2 Å². The molecule has 0 unspecified atom stereocenters. The summed E-state index contributed by atoms with van der Waals surface area (Å²) < 4.78 is 77.9. The van der Waals surface area contributed by atoms with Gasteiger partial charge in [-0.2, -0.15) is 13.2 Å². The molecule has 0 radical (unpaired) electrons. The van der Waals surface area contributed by atoms with Gasteiger partial charge in [0.1, 0.15) is 5.82 Å². The lowest BCUT2D eigenvalue weighted by atomic mass is 9.98. The topological polar surface area (TPSA) is 15.3 Å². The van der Waals surface area contributed by atoms with E-state index in [-0.39, 0.29) is 5.56 Å². The van der Waals surface area contributed by atoms with E-state index in [1.54, 1.807) is 4.90 Å². The lowest BCUT2D eigenvalue weighted by Gasteiger charge is -2.35. The molecular formula is C14H16F6N2. The molecule has 1 saturated heterocycles. The minimum absolute atomic E-state index is 0.322. The van der Waals surface area contributed by atoms with Gasteiger partial charge in [-0.3, -0.25) is 4.90 Å². The Hall–Kier alpha value is -1.28. The summed E-state index contributed by atoms with van der Waals surface area (Å²) in [7, 11) is 0. The first kappa shape index (κ1) is 17.1. The Bertz CT molecular complexity index is 497. The summed E-state index contributed by atoms with van der Waals surface area (Å²) in [5.74, 6) is -0.891. The molecule has 1 aliphatic heterocycles. The molecule has 124 valence electrons. The minimum atomic E-state index is -4.64. The van der Waals surface area contributed by atoms with E-state index in [2.05, 4.69) is 5.32 Å². The van der Waals surface area contributed by atoms with Gasteiger partial charge in [0.15, 0.2) is 0 Å². The number of piperazine rings is 1. The summed E-state index contributed by atoms with van der Waals surface area (Å²) in [5.41, 5.74) is -1.35. The highest BCUT2D eigenvalue weighted by Gasteiger charge is 2.34. The van der Waals surface area contributed by atoms with Crippen molar-refractivity contribution >= 4 is 0 Å². The quantitative estimate of drug-likeness (QED) is 0.853. The van der Waals surface area contributed by atoms with Gasteiger partial charge in [0.05, 0.1) is 5.56 Å². The lowest BCUT2D eigenvalue weighted by molar-refractivity contribution is -0.137. The standard InChI is InChI=1S/C14H16F6N2/c15-11-2-1-9(14(18,19)20)7-10(11)12(8-13(16)17)22-5-3-21-4-6-22/h1-2,7,12-13,21H,3-6,8H2/t12-/m1/s1. The maximum absolute atomic E-state index is 14.0. The monoisotopic (exact) mass is 326 g/mol. The molecule has 1 atom stereocenters. The molecule has 0 saturated carbocycles. The number of hydrogen-bond donors (Lipinski definition) is 1. The Balaban J connectivity index is 2.37. The van der Waals surface area contributed by atoms with E-state index >= 15 is 0 Å². The highest BCUT2D eigenvalue weighted by atomic mass is 19.4. The zero-order chi connectivity index (χ0) is 16.3. The third-order valence-corrected chi connectivity index (χ3v) is 3.68. The largest absolute Gasteiger partial charge is 0.416 e. The highest BCUT2D eigenvalue weighted by molar-refractivity contribution is 5.30. The smallest absolute Gasteiger partial charge is 0.314 e. The van der Waals surface area contributed by atoms with Gasteiger partial charge < -0.3 is 5.32 Å². The van der Waals surface area contributed by atoms with Crippen molar-refractivity contribution in [2.45, 2.75) is 25.1 Å². The van der Waals surface area contributed by atoms with E-state index in [1.165, 1.54) is 0 Å². The molecule has 2 nitrogen and oxygen atoms in total. The van der Waals surface area contributed by atoms with E-state index in [0.29, 0.717) is 44.4 Å². The average Bonchev–Trinajstić information content (AvgIpc) is 2.45. The van der Waals surface area contributed by atoms with Crippen LogP contribution in [-0.2, 0) is 6.18 Å². The zero-order valence-corrected chi connectivity index (χ0v) is 11.6. The van der Waals surface area contributed by atoms with Crippen LogP contribution in [-0.4, -0.2) is 37.5 Å². The van der Waals surface area contributed by atoms with Crippen molar-refractivity contribution in [3.8, 4) is 0 Å². The second-order valence-electron chi connectivity index (χ2n) is 5.16. The van der Waals surface area contributed by atoms with Gasteiger partial charge in [-0.15, -0.1) is 0 Å². The van der Waals surface area contributed by atoms with Gasteiger partial charge in [-0.25, -0.2) is 13.2 Å². The molecule has 0 spiro atoms. The molecular weight excluding hydrogens is 310 g/mol. The van der Waals surface area contributed by atoms with Gasteiger partial charge in [-0.1, -0.05) is 0 Å². The first-order valence-electron chi connectivity index (χ1n) is 6.88. The number of alkyl halides is 5. The van der Waals surface area contributed by atoms with Crippen molar-refractivity contribution in [2.24, 2.45) is 0 Å². The van der Waals surface area contributed by atoms with Crippen LogP contribution < -0.4 is 5.32 Å². The van der Waals surface area contributed by atoms with Crippen LogP contribution in [0.3, 0.4) is 0 Å². The molecule has 1 N–H and O–H groups in total. The van der Waals surface area contributed by atoms with Crippen molar-refractivity contribution < 1.29 is 26.3 Å². The Morgan fingerprint density at radius 2 is 1.77 bits per heavy atom. The van der Waals surface area contributed by atoms with E-state index in [0.717, 1.165) is 0 Å². The molecule has 2 rings (SSSR count). The van der Waals surface area contributed by atoms with Crippen LogP contribution in [0, 0.1) is 5.82 Å². The molecule has 22 heavy (non-hydrogen) atoms. The minimum Gasteiger partial charge on any atom is -0.314 e. The number of halogens is 6. The van der Waals surface area contributed by atoms with Crippen molar-refractivity contribution in [3.05, 3.63) is 35.1 Å². The number of nitrogens with zero attached hydrogens (tertiary/aromatic N) is 1. The number of benzene rings is 1. The number of nitrogens with one attached hydrogen (secondary N) is 1. The van der Waals surface area contributed by atoms with E-state index in [9.17, 15) is 26.3 Å². The third kappa shape index (κ3) is 4.13. The molecule has 0 amide bonds. The summed E-state index contributed by atoms with van der Waals surface area (Å²) in [5, 5.41) is 3.02. The summed E-state index contributed by atoms with van der Waals surface area (Å²) in [6, 6.07) is 0.892. The molecule has 0 aromatic heterocycles. The summed E-state index contributed by atoms with van der Waals surface area (Å²) in [4.78, 5) is 1.60. The summed E-state index contributed by atoms with van der Waals surface area (Å²) >= 11 is 0. The lowest BCUT2D eigenvalue weighted by Crippen LogP contribution is -2.45. The fourth-order valence-corrected chi connectivity index (χ4v) is 2.61. The maximum atomic E-state index is 14.0. The first-order chi connectivity index (χ1) is 10.3. The predicted octanol–water partition coefficient (Wildman–Crippen LogP) is 3.45. The Morgan fingerprint density at radius 1 is 1.14 bits per heavy atom. The van der Waals surface area contributed by atoms with Gasteiger partial charge in [0, 0.05) is 44.2 Å². The first-order valence-corrected chi connectivity index (χ1v) is 6.88. The van der Waals surface area contributed by atoms with Crippen molar-refractivity contribution in [1.29, 1.82) is 0 Å². The normalized spacial score (nSPS) is 18.7. The van der Waals surface area contributed by atoms with Crippen LogP contribution in [0.5, 0.6) is 0 Å². The molecule has 1 aromatic carbocycles. The van der Waals surface area contributed by atoms with E-state index in [4.69, 9.17) is 0 Å². The summed E-state index contributed by atoms with van der Waals surface area (Å²) in [6.45, 7) is 1.82. The Labute approximate surface area is 124 Å². The summed E-state index contributed by atoms with van der Waals surface area (Å²) in [6.07, 6.45) is -8.06.